The molecule has 1 aliphatic heterocycles. The van der Waals surface area contributed by atoms with E-state index in [4.69, 9.17) is 9.72 Å². The minimum Gasteiger partial charge on any atom is -0.492 e. The van der Waals surface area contributed by atoms with Gasteiger partial charge in [-0.15, -0.1) is 0 Å². The van der Waals surface area contributed by atoms with Crippen LogP contribution >= 0.6 is 11.3 Å². The number of fused-ring (bicyclic) bond motifs is 1. The second-order valence-electron chi connectivity index (χ2n) is 7.26. The van der Waals surface area contributed by atoms with Crippen molar-refractivity contribution in [1.82, 2.24) is 9.88 Å². The van der Waals surface area contributed by atoms with Crippen LogP contribution in [0.25, 0.3) is 10.2 Å². The predicted molar refractivity (Wildman–Crippen MR) is 120 cm³/mol. The second-order valence-corrected chi connectivity index (χ2v) is 8.27. The number of ether oxygens (including phenoxy) is 1. The number of aromatic nitrogens is 1. The quantitative estimate of drug-likeness (QED) is 0.679. The van der Waals surface area contributed by atoms with E-state index < -0.39 is 0 Å². The van der Waals surface area contributed by atoms with E-state index in [9.17, 15) is 4.79 Å². The van der Waals surface area contributed by atoms with Gasteiger partial charge in [-0.25, -0.2) is 9.78 Å². The number of thiazole rings is 1. The van der Waals surface area contributed by atoms with Crippen molar-refractivity contribution >= 4 is 38.4 Å². The summed E-state index contributed by atoms with van der Waals surface area (Å²) in [6.07, 6.45) is 0. The van der Waals surface area contributed by atoms with Crippen LogP contribution in [-0.4, -0.2) is 48.7 Å². The van der Waals surface area contributed by atoms with Crippen molar-refractivity contribution < 1.29 is 9.53 Å². The second kappa shape index (κ2) is 8.29. The van der Waals surface area contributed by atoms with Crippen LogP contribution in [-0.2, 0) is 0 Å². The molecular formula is C22H26N4O2S. The topological polar surface area (TPSA) is 57.7 Å². The molecule has 0 unspecified atom stereocenters. The van der Waals surface area contributed by atoms with Crippen LogP contribution in [0.3, 0.4) is 0 Å². The Labute approximate surface area is 175 Å². The molecule has 1 aromatic heterocycles. The fourth-order valence-electron chi connectivity index (χ4n) is 3.64. The molecule has 29 heavy (non-hydrogen) atoms. The zero-order chi connectivity index (χ0) is 20.4. The summed E-state index contributed by atoms with van der Waals surface area (Å²) in [7, 11) is 0. The Morgan fingerprint density at radius 1 is 1.17 bits per heavy atom. The van der Waals surface area contributed by atoms with Crippen molar-refractivity contribution in [2.45, 2.75) is 20.8 Å². The first-order valence-electron chi connectivity index (χ1n) is 9.95. The third-order valence-electron chi connectivity index (χ3n) is 5.08. The van der Waals surface area contributed by atoms with Gasteiger partial charge in [-0.2, -0.15) is 0 Å². The third kappa shape index (κ3) is 4.15. The Morgan fingerprint density at radius 3 is 2.69 bits per heavy atom. The minimum atomic E-state index is -0.0902. The maximum atomic E-state index is 12.7. The lowest BCUT2D eigenvalue weighted by molar-refractivity contribution is 0.208. The zero-order valence-electron chi connectivity index (χ0n) is 17.1. The van der Waals surface area contributed by atoms with Gasteiger partial charge in [-0.05, 0) is 50.1 Å². The number of hydrogen-bond donors (Lipinski definition) is 1. The first-order chi connectivity index (χ1) is 14.0. The smallest absolute Gasteiger partial charge is 0.322 e. The average molecular weight is 411 g/mol. The SMILES string of the molecule is CCOc1ccccc1NC(=O)N1CCN(c2nc3c(C)cc(C)cc3s2)CC1. The number of carbonyl (C=O) groups excluding carboxylic acids is 1. The summed E-state index contributed by atoms with van der Waals surface area (Å²) in [6, 6.07) is 11.8. The Hall–Kier alpha value is -2.80. The van der Waals surface area contributed by atoms with Crippen LogP contribution in [0.15, 0.2) is 36.4 Å². The largest absolute Gasteiger partial charge is 0.492 e. The highest BCUT2D eigenvalue weighted by atomic mass is 32.1. The summed E-state index contributed by atoms with van der Waals surface area (Å²) in [6.45, 7) is 9.60. The first kappa shape index (κ1) is 19.5. The number of rotatable bonds is 4. The number of hydrogen-bond acceptors (Lipinski definition) is 5. The molecule has 6 nitrogen and oxygen atoms in total. The van der Waals surface area contributed by atoms with Crippen molar-refractivity contribution in [2.24, 2.45) is 0 Å². The van der Waals surface area contributed by atoms with Crippen LogP contribution in [0.1, 0.15) is 18.1 Å². The van der Waals surface area contributed by atoms with Gasteiger partial charge in [0, 0.05) is 26.2 Å². The van der Waals surface area contributed by atoms with Crippen molar-refractivity contribution in [2.75, 3.05) is 43.0 Å². The average Bonchev–Trinajstić information content (AvgIpc) is 3.14. The lowest BCUT2D eigenvalue weighted by atomic mass is 10.1. The molecule has 2 amide bonds. The van der Waals surface area contributed by atoms with Crippen LogP contribution in [0.4, 0.5) is 15.6 Å². The van der Waals surface area contributed by atoms with Gasteiger partial charge < -0.3 is 19.9 Å². The maximum absolute atomic E-state index is 12.7. The molecular weight excluding hydrogens is 384 g/mol. The summed E-state index contributed by atoms with van der Waals surface area (Å²) < 4.78 is 6.83. The molecule has 0 saturated carbocycles. The molecule has 0 aliphatic carbocycles. The Kier molecular flexibility index (Phi) is 5.58. The van der Waals surface area contributed by atoms with Gasteiger partial charge in [0.2, 0.25) is 0 Å². The highest BCUT2D eigenvalue weighted by molar-refractivity contribution is 7.22. The maximum Gasteiger partial charge on any atom is 0.322 e. The highest BCUT2D eigenvalue weighted by Gasteiger charge is 2.24. The molecule has 4 rings (SSSR count). The number of carbonyl (C=O) groups is 1. The van der Waals surface area contributed by atoms with E-state index in [1.165, 1.54) is 15.8 Å². The van der Waals surface area contributed by atoms with E-state index in [1.807, 2.05) is 36.1 Å². The minimum absolute atomic E-state index is 0.0902. The molecule has 1 saturated heterocycles. The third-order valence-corrected chi connectivity index (χ3v) is 6.15. The highest BCUT2D eigenvalue weighted by Crippen LogP contribution is 2.32. The molecule has 0 radical (unpaired) electrons. The van der Waals surface area contributed by atoms with Gasteiger partial charge in [0.1, 0.15) is 5.75 Å². The molecule has 3 aromatic rings. The molecule has 1 fully saturated rings. The number of amides is 2. The molecule has 152 valence electrons. The molecule has 2 aromatic carbocycles. The number of aryl methyl sites for hydroxylation is 2. The summed E-state index contributed by atoms with van der Waals surface area (Å²) in [4.78, 5) is 21.7. The number of urea groups is 1. The Morgan fingerprint density at radius 2 is 1.93 bits per heavy atom. The fraction of sp³-hybridized carbons (Fsp3) is 0.364. The summed E-state index contributed by atoms with van der Waals surface area (Å²) in [5.41, 5.74) is 4.27. The van der Waals surface area contributed by atoms with E-state index in [2.05, 4.69) is 36.2 Å². The van der Waals surface area contributed by atoms with E-state index in [0.717, 1.165) is 23.7 Å². The van der Waals surface area contributed by atoms with Gasteiger partial charge in [-0.1, -0.05) is 29.5 Å². The van der Waals surface area contributed by atoms with Crippen LogP contribution in [0.5, 0.6) is 5.75 Å². The number of benzene rings is 2. The molecule has 0 atom stereocenters. The fourth-order valence-corrected chi connectivity index (χ4v) is 4.83. The van der Waals surface area contributed by atoms with E-state index in [-0.39, 0.29) is 6.03 Å². The van der Waals surface area contributed by atoms with Crippen LogP contribution in [0, 0.1) is 13.8 Å². The van der Waals surface area contributed by atoms with E-state index in [0.29, 0.717) is 31.1 Å². The molecule has 0 spiro atoms. The zero-order valence-corrected chi connectivity index (χ0v) is 17.9. The first-order valence-corrected chi connectivity index (χ1v) is 10.8. The van der Waals surface area contributed by atoms with Gasteiger partial charge in [0.25, 0.3) is 0 Å². The number of nitrogens with zero attached hydrogens (tertiary/aromatic N) is 3. The van der Waals surface area contributed by atoms with Gasteiger partial charge >= 0.3 is 6.03 Å². The van der Waals surface area contributed by atoms with E-state index >= 15 is 0 Å². The molecule has 2 heterocycles. The Bertz CT molecular complexity index is 1020. The normalized spacial score (nSPS) is 14.3. The monoisotopic (exact) mass is 410 g/mol. The van der Waals surface area contributed by atoms with Crippen molar-refractivity contribution in [3.05, 3.63) is 47.5 Å². The molecule has 1 aliphatic rings. The summed E-state index contributed by atoms with van der Waals surface area (Å²) in [5, 5.41) is 4.02. The molecule has 7 heteroatoms. The summed E-state index contributed by atoms with van der Waals surface area (Å²) in [5.74, 6) is 0.696. The van der Waals surface area contributed by atoms with Crippen LogP contribution in [0.2, 0.25) is 0 Å². The molecule has 1 N–H and O–H groups in total. The summed E-state index contributed by atoms with van der Waals surface area (Å²) >= 11 is 1.73. The van der Waals surface area contributed by atoms with Gasteiger partial charge in [0.05, 0.1) is 22.5 Å². The number of para-hydroxylation sites is 2. The number of piperazine rings is 1. The number of nitrogens with one attached hydrogen (secondary N) is 1. The van der Waals surface area contributed by atoms with Crippen molar-refractivity contribution in [1.29, 1.82) is 0 Å². The van der Waals surface area contributed by atoms with E-state index in [1.54, 1.807) is 11.3 Å². The lowest BCUT2D eigenvalue weighted by Gasteiger charge is -2.34. The van der Waals surface area contributed by atoms with Crippen molar-refractivity contribution in [3.63, 3.8) is 0 Å². The number of anilines is 2. The molecule has 0 bridgehead atoms. The predicted octanol–water partition coefficient (Wildman–Crippen LogP) is 4.67. The standard InChI is InChI=1S/C22H26N4O2S/c1-4-28-18-8-6-5-7-17(18)23-21(27)25-9-11-26(12-10-25)22-24-20-16(3)13-15(2)14-19(20)29-22/h5-8,13-14H,4,9-12H2,1-3H3,(H,23,27). The lowest BCUT2D eigenvalue weighted by Crippen LogP contribution is -2.50. The van der Waals surface area contributed by atoms with Gasteiger partial charge in [-0.3, -0.25) is 0 Å². The van der Waals surface area contributed by atoms with Crippen molar-refractivity contribution in [3.8, 4) is 5.75 Å². The van der Waals surface area contributed by atoms with Crippen LogP contribution < -0.4 is 15.0 Å². The van der Waals surface area contributed by atoms with Gasteiger partial charge in [0.15, 0.2) is 5.13 Å². The Balaban J connectivity index is 1.41.